The Morgan fingerprint density at radius 3 is 2.56 bits per heavy atom. The summed E-state index contributed by atoms with van der Waals surface area (Å²) in [6.45, 7) is 0. The molecular weight excluding hydrogens is 161 g/mol. The Kier molecular flexibility index (Phi) is 3.40. The first-order chi connectivity index (χ1) is 3.80. The van der Waals surface area contributed by atoms with Crippen molar-refractivity contribution in [3.05, 3.63) is 12.2 Å². The third kappa shape index (κ3) is 2.10. The fraction of sp³-hybridized carbons (Fsp3) is 0.333. The Bertz CT molecular complexity index is 162. The number of carbonyl (C=O) groups excluding carboxylic acids is 1. The smallest absolute Gasteiger partial charge is 0.180 e. The molecule has 0 heterocycles. The van der Waals surface area contributed by atoms with Crippen LogP contribution in [0.1, 0.15) is 12.8 Å². The maximum Gasteiger partial charge on any atom is 0.180 e. The molecule has 3 heteroatoms. The van der Waals surface area contributed by atoms with Gasteiger partial charge in [-0.05, 0) is 12.5 Å². The van der Waals surface area contributed by atoms with Crippen LogP contribution in [0.5, 0.6) is 0 Å². The number of carbonyl (C=O) groups is 1. The van der Waals surface area contributed by atoms with Crippen molar-refractivity contribution in [2.24, 2.45) is 0 Å². The van der Waals surface area contributed by atoms with Crippen LogP contribution in [0.15, 0.2) is 12.2 Å². The molecule has 1 rings (SSSR count). The number of allylic oxidation sites excluding steroid dienone is 2. The van der Waals surface area contributed by atoms with E-state index < -0.39 is 0 Å². The second-order valence-electron chi connectivity index (χ2n) is 1.78. The van der Waals surface area contributed by atoms with Gasteiger partial charge in [0.2, 0.25) is 0 Å². The Morgan fingerprint density at radius 1 is 1.56 bits per heavy atom. The summed E-state index contributed by atoms with van der Waals surface area (Å²) in [5, 5.41) is 6.96. The summed E-state index contributed by atoms with van der Waals surface area (Å²) in [5.41, 5.74) is 0.149. The predicted molar refractivity (Wildman–Crippen MR) is 31.1 cm³/mol. The Labute approximate surface area is 63.8 Å². The van der Waals surface area contributed by atoms with Gasteiger partial charge in [-0.15, -0.1) is 0 Å². The molecule has 0 saturated heterocycles. The first kappa shape index (κ1) is 8.57. The third-order valence-electron chi connectivity index (χ3n) is 1.12. The molecule has 0 atom stereocenters. The van der Waals surface area contributed by atoms with E-state index in [9.17, 15) is 4.79 Å². The first-order valence-electron chi connectivity index (χ1n) is 2.59. The fourth-order valence-electron chi connectivity index (χ4n) is 0.643. The van der Waals surface area contributed by atoms with Crippen LogP contribution in [-0.2, 0) is 21.3 Å². The zero-order valence-electron chi connectivity index (χ0n) is 4.79. The summed E-state index contributed by atoms with van der Waals surface area (Å²) in [7, 11) is 0. The van der Waals surface area contributed by atoms with E-state index in [1.54, 1.807) is 6.08 Å². The molecular formula is C6H7NNiO. The third-order valence-corrected chi connectivity index (χ3v) is 1.12. The largest absolute Gasteiger partial charge is 0.297 e. The second-order valence-corrected chi connectivity index (χ2v) is 1.78. The molecule has 1 N–H and O–H groups in total. The summed E-state index contributed by atoms with van der Waals surface area (Å²) < 4.78 is 0. The molecule has 1 aliphatic rings. The molecule has 1 aliphatic carbocycles. The topological polar surface area (TPSA) is 40.9 Å². The van der Waals surface area contributed by atoms with Crippen molar-refractivity contribution >= 4 is 11.5 Å². The number of hydrogen-bond acceptors (Lipinski definition) is 2. The van der Waals surface area contributed by atoms with Crippen LogP contribution in [0, 0.1) is 5.41 Å². The van der Waals surface area contributed by atoms with Gasteiger partial charge in [0.15, 0.2) is 5.78 Å². The Balaban J connectivity index is 0.000000640. The van der Waals surface area contributed by atoms with Gasteiger partial charge >= 0.3 is 0 Å². The van der Waals surface area contributed by atoms with Crippen LogP contribution in [0.4, 0.5) is 0 Å². The van der Waals surface area contributed by atoms with Crippen molar-refractivity contribution in [3.63, 3.8) is 0 Å². The molecule has 0 amide bonds. The fourth-order valence-corrected chi connectivity index (χ4v) is 0.643. The quantitative estimate of drug-likeness (QED) is 0.536. The van der Waals surface area contributed by atoms with Gasteiger partial charge in [-0.1, -0.05) is 6.08 Å². The van der Waals surface area contributed by atoms with Crippen LogP contribution in [0.3, 0.4) is 0 Å². The molecule has 0 saturated carbocycles. The van der Waals surface area contributed by atoms with E-state index in [4.69, 9.17) is 5.41 Å². The van der Waals surface area contributed by atoms with Crippen LogP contribution in [-0.4, -0.2) is 11.5 Å². The zero-order valence-corrected chi connectivity index (χ0v) is 5.78. The number of Topliss-reactive ketones (excluding diaryl/α,β-unsaturated/α-hetero) is 1. The van der Waals surface area contributed by atoms with Crippen molar-refractivity contribution in [1.82, 2.24) is 0 Å². The summed E-state index contributed by atoms with van der Waals surface area (Å²) >= 11 is 0. The molecule has 0 aromatic heterocycles. The average Bonchev–Trinajstić information content (AvgIpc) is 1.77. The van der Waals surface area contributed by atoms with Crippen LogP contribution in [0.25, 0.3) is 0 Å². The van der Waals surface area contributed by atoms with E-state index in [1.807, 2.05) is 6.08 Å². The minimum atomic E-state index is -0.0347. The molecule has 0 spiro atoms. The SMILES string of the molecule is N=C1C=CCCC1=O.[Ni]. The van der Waals surface area contributed by atoms with E-state index in [0.29, 0.717) is 6.42 Å². The standard InChI is InChI=1S/C6H7NO.Ni/c7-5-3-1-2-4-6(5)8;/h1,3,7H,2,4H2;. The summed E-state index contributed by atoms with van der Waals surface area (Å²) in [6, 6.07) is 0. The number of rotatable bonds is 0. The van der Waals surface area contributed by atoms with Crippen molar-refractivity contribution < 1.29 is 21.3 Å². The van der Waals surface area contributed by atoms with Crippen molar-refractivity contribution in [3.8, 4) is 0 Å². The zero-order chi connectivity index (χ0) is 5.98. The molecule has 9 heavy (non-hydrogen) atoms. The molecule has 0 bridgehead atoms. The van der Waals surface area contributed by atoms with E-state index in [1.165, 1.54) is 0 Å². The Hall–Kier alpha value is -0.426. The van der Waals surface area contributed by atoms with E-state index in [-0.39, 0.29) is 28.0 Å². The van der Waals surface area contributed by atoms with Gasteiger partial charge in [0, 0.05) is 22.9 Å². The minimum absolute atomic E-state index is 0. The van der Waals surface area contributed by atoms with Crippen LogP contribution < -0.4 is 0 Å². The summed E-state index contributed by atoms with van der Waals surface area (Å²) in [5.74, 6) is -0.0347. The van der Waals surface area contributed by atoms with Crippen LogP contribution >= 0.6 is 0 Å². The predicted octanol–water partition coefficient (Wildman–Crippen LogP) is 0.923. The minimum Gasteiger partial charge on any atom is -0.297 e. The maximum atomic E-state index is 10.5. The van der Waals surface area contributed by atoms with Gasteiger partial charge in [0.1, 0.15) is 0 Å². The maximum absolute atomic E-state index is 10.5. The molecule has 0 radical (unpaired) electrons. The molecule has 0 aliphatic heterocycles. The van der Waals surface area contributed by atoms with E-state index in [2.05, 4.69) is 0 Å². The molecule has 52 valence electrons. The van der Waals surface area contributed by atoms with Gasteiger partial charge in [-0.3, -0.25) is 10.2 Å². The number of hydrogen-bond donors (Lipinski definition) is 1. The number of nitrogens with one attached hydrogen (secondary N) is 1. The molecule has 0 unspecified atom stereocenters. The van der Waals surface area contributed by atoms with E-state index >= 15 is 0 Å². The van der Waals surface area contributed by atoms with Gasteiger partial charge in [-0.25, -0.2) is 0 Å². The second kappa shape index (κ2) is 3.57. The van der Waals surface area contributed by atoms with Gasteiger partial charge in [-0.2, -0.15) is 0 Å². The van der Waals surface area contributed by atoms with Gasteiger partial charge in [0.05, 0.1) is 5.71 Å². The van der Waals surface area contributed by atoms with E-state index in [0.717, 1.165) is 6.42 Å². The molecule has 0 aromatic carbocycles. The van der Waals surface area contributed by atoms with Crippen molar-refractivity contribution in [2.75, 3.05) is 0 Å². The normalized spacial score (nSPS) is 17.3. The summed E-state index contributed by atoms with van der Waals surface area (Å²) in [6.07, 6.45) is 4.74. The monoisotopic (exact) mass is 167 g/mol. The molecule has 2 nitrogen and oxygen atoms in total. The molecule has 0 aromatic rings. The van der Waals surface area contributed by atoms with Crippen LogP contribution in [0.2, 0.25) is 0 Å². The van der Waals surface area contributed by atoms with Crippen molar-refractivity contribution in [1.29, 1.82) is 5.41 Å². The van der Waals surface area contributed by atoms with Gasteiger partial charge in [0.25, 0.3) is 0 Å². The average molecular weight is 168 g/mol. The Morgan fingerprint density at radius 2 is 2.22 bits per heavy atom. The van der Waals surface area contributed by atoms with Gasteiger partial charge < -0.3 is 0 Å². The molecule has 0 fully saturated rings. The summed E-state index contributed by atoms with van der Waals surface area (Å²) in [4.78, 5) is 10.5. The first-order valence-corrected chi connectivity index (χ1v) is 2.59. The van der Waals surface area contributed by atoms with Crippen molar-refractivity contribution in [2.45, 2.75) is 12.8 Å². The number of ketones is 1.